The van der Waals surface area contributed by atoms with Gasteiger partial charge in [0.1, 0.15) is 0 Å². The van der Waals surface area contributed by atoms with Gasteiger partial charge in [0.05, 0.1) is 0 Å². The van der Waals surface area contributed by atoms with Crippen molar-refractivity contribution < 1.29 is 8.85 Å². The molecule has 0 aromatic rings. The van der Waals surface area contributed by atoms with Gasteiger partial charge < -0.3 is 8.85 Å². The molecule has 3 heteroatoms. The van der Waals surface area contributed by atoms with E-state index in [4.69, 9.17) is 8.85 Å². The third-order valence-electron chi connectivity index (χ3n) is 5.50. The summed E-state index contributed by atoms with van der Waals surface area (Å²) in [5.41, 5.74) is 1.57. The van der Waals surface area contributed by atoms with Crippen molar-refractivity contribution in [3.05, 3.63) is 0 Å². The van der Waals surface area contributed by atoms with Crippen LogP contribution in [0.15, 0.2) is 0 Å². The van der Waals surface area contributed by atoms with Crippen molar-refractivity contribution in [2.75, 3.05) is 13.2 Å². The monoisotopic (exact) mass is 312 g/mol. The highest BCUT2D eigenvalue weighted by Crippen LogP contribution is 2.51. The molecule has 0 spiro atoms. The fourth-order valence-electron chi connectivity index (χ4n) is 4.25. The van der Waals surface area contributed by atoms with Crippen molar-refractivity contribution >= 4 is 8.56 Å². The largest absolute Gasteiger partial charge is 0.394 e. The summed E-state index contributed by atoms with van der Waals surface area (Å²) in [6.45, 7) is 6.41. The van der Waals surface area contributed by atoms with E-state index in [0.29, 0.717) is 0 Å². The second-order valence-electron chi connectivity index (χ2n) is 7.09. The maximum absolute atomic E-state index is 6.70. The molecule has 0 atom stereocenters. The van der Waals surface area contributed by atoms with E-state index in [0.717, 1.165) is 24.3 Å². The highest BCUT2D eigenvalue weighted by Gasteiger charge is 2.53. The maximum Gasteiger partial charge on any atom is 0.344 e. The van der Waals surface area contributed by atoms with E-state index in [1.807, 2.05) is 0 Å². The fourth-order valence-corrected chi connectivity index (χ4v) is 9.30. The van der Waals surface area contributed by atoms with Crippen molar-refractivity contribution in [1.82, 2.24) is 0 Å². The molecule has 0 saturated heterocycles. The Morgan fingerprint density at radius 2 is 1.10 bits per heavy atom. The number of hydrogen-bond donors (Lipinski definition) is 0. The Morgan fingerprint density at radius 1 is 0.714 bits per heavy atom. The zero-order valence-corrected chi connectivity index (χ0v) is 15.4. The number of unbranched alkanes of at least 4 members (excludes halogenated alkanes) is 2. The van der Waals surface area contributed by atoms with Gasteiger partial charge in [0.25, 0.3) is 0 Å². The lowest BCUT2D eigenvalue weighted by Crippen LogP contribution is -2.50. The highest BCUT2D eigenvalue weighted by atomic mass is 28.4. The van der Waals surface area contributed by atoms with Gasteiger partial charge in [-0.15, -0.1) is 0 Å². The molecule has 124 valence electrons. The predicted molar refractivity (Wildman–Crippen MR) is 91.9 cm³/mol. The zero-order valence-electron chi connectivity index (χ0n) is 14.4. The molecule has 0 amide bonds. The molecule has 0 bridgehead atoms. The molecular formula is C18H36O2Si. The SMILES string of the molecule is CCCCO[Si](OCCCC)(C1CCCC1)C1CCCC1. The summed E-state index contributed by atoms with van der Waals surface area (Å²) in [7, 11) is -2.00. The Labute approximate surface area is 133 Å². The number of hydrogen-bond acceptors (Lipinski definition) is 2. The summed E-state index contributed by atoms with van der Waals surface area (Å²) in [6, 6.07) is 0. The normalized spacial score (nSPS) is 21.4. The Morgan fingerprint density at radius 3 is 1.43 bits per heavy atom. The van der Waals surface area contributed by atoms with Gasteiger partial charge in [-0.3, -0.25) is 0 Å². The van der Waals surface area contributed by atoms with Crippen molar-refractivity contribution in [1.29, 1.82) is 0 Å². The van der Waals surface area contributed by atoms with Crippen LogP contribution in [0, 0.1) is 0 Å². The molecule has 2 aliphatic carbocycles. The van der Waals surface area contributed by atoms with Crippen molar-refractivity contribution in [2.24, 2.45) is 0 Å². The minimum atomic E-state index is -2.00. The van der Waals surface area contributed by atoms with Crippen LogP contribution in [-0.2, 0) is 8.85 Å². The van der Waals surface area contributed by atoms with Gasteiger partial charge in [-0.2, -0.15) is 0 Å². The van der Waals surface area contributed by atoms with Gasteiger partial charge in [0, 0.05) is 24.3 Å². The molecule has 0 N–H and O–H groups in total. The third-order valence-corrected chi connectivity index (χ3v) is 10.2. The Hall–Kier alpha value is 0.137. The quantitative estimate of drug-likeness (QED) is 0.366. The van der Waals surface area contributed by atoms with Crippen molar-refractivity contribution in [3.63, 3.8) is 0 Å². The highest BCUT2D eigenvalue weighted by molar-refractivity contribution is 6.70. The van der Waals surface area contributed by atoms with E-state index in [1.54, 1.807) is 0 Å². The summed E-state index contributed by atoms with van der Waals surface area (Å²) in [6.07, 6.45) is 16.0. The molecule has 2 fully saturated rings. The van der Waals surface area contributed by atoms with Crippen LogP contribution >= 0.6 is 0 Å². The zero-order chi connectivity index (χ0) is 15.0. The average Bonchev–Trinajstić information content (AvgIpc) is 3.19. The van der Waals surface area contributed by atoms with Crippen molar-refractivity contribution in [2.45, 2.75) is 102 Å². The maximum atomic E-state index is 6.70. The molecule has 0 radical (unpaired) electrons. The van der Waals surface area contributed by atoms with E-state index < -0.39 is 8.56 Å². The van der Waals surface area contributed by atoms with Crippen LogP contribution in [0.3, 0.4) is 0 Å². The average molecular weight is 313 g/mol. The van der Waals surface area contributed by atoms with Gasteiger partial charge in [-0.1, -0.05) is 52.4 Å². The molecule has 2 rings (SSSR count). The summed E-state index contributed by atoms with van der Waals surface area (Å²) in [4.78, 5) is 0. The molecule has 2 aliphatic rings. The second-order valence-corrected chi connectivity index (χ2v) is 10.7. The van der Waals surface area contributed by atoms with E-state index in [9.17, 15) is 0 Å². The van der Waals surface area contributed by atoms with Gasteiger partial charge >= 0.3 is 8.56 Å². The fraction of sp³-hybridized carbons (Fsp3) is 1.00. The van der Waals surface area contributed by atoms with Crippen LogP contribution in [0.25, 0.3) is 0 Å². The Kier molecular flexibility index (Phi) is 7.76. The summed E-state index contributed by atoms with van der Waals surface area (Å²) in [5.74, 6) is 0. The van der Waals surface area contributed by atoms with Gasteiger partial charge in [0.15, 0.2) is 0 Å². The van der Waals surface area contributed by atoms with E-state index in [2.05, 4.69) is 13.8 Å². The first kappa shape index (κ1) is 17.5. The van der Waals surface area contributed by atoms with Crippen LogP contribution in [0.5, 0.6) is 0 Å². The minimum absolute atomic E-state index is 0.786. The first-order valence-corrected chi connectivity index (χ1v) is 11.6. The van der Waals surface area contributed by atoms with Crippen LogP contribution in [0.1, 0.15) is 90.9 Å². The smallest absolute Gasteiger partial charge is 0.344 e. The van der Waals surface area contributed by atoms with Crippen LogP contribution < -0.4 is 0 Å². The standard InChI is InChI=1S/C18H36O2Si/c1-3-5-15-19-21(20-16-6-4-2,17-11-7-8-12-17)18-13-9-10-14-18/h17-18H,3-16H2,1-2H3. The summed E-state index contributed by atoms with van der Waals surface area (Å²) in [5, 5.41) is 0. The molecule has 2 saturated carbocycles. The van der Waals surface area contributed by atoms with Crippen LogP contribution in [0.2, 0.25) is 11.1 Å². The molecule has 0 unspecified atom stereocenters. The van der Waals surface area contributed by atoms with Crippen molar-refractivity contribution in [3.8, 4) is 0 Å². The lowest BCUT2D eigenvalue weighted by atomic mass is 10.3. The summed E-state index contributed by atoms with van der Waals surface area (Å²) >= 11 is 0. The van der Waals surface area contributed by atoms with Crippen LogP contribution in [-0.4, -0.2) is 21.8 Å². The predicted octanol–water partition coefficient (Wildman–Crippen LogP) is 5.95. The van der Waals surface area contributed by atoms with Crippen LogP contribution in [0.4, 0.5) is 0 Å². The Bertz CT molecular complexity index is 242. The lowest BCUT2D eigenvalue weighted by molar-refractivity contribution is 0.143. The first-order valence-electron chi connectivity index (χ1n) is 9.61. The third kappa shape index (κ3) is 4.55. The van der Waals surface area contributed by atoms with Gasteiger partial charge in [0.2, 0.25) is 0 Å². The molecule has 0 aromatic heterocycles. The molecule has 0 aliphatic heterocycles. The number of rotatable bonds is 10. The van der Waals surface area contributed by atoms with E-state index in [1.165, 1.54) is 77.0 Å². The first-order chi connectivity index (χ1) is 10.3. The minimum Gasteiger partial charge on any atom is -0.394 e. The Balaban J connectivity index is 2.08. The second kappa shape index (κ2) is 9.31. The molecule has 0 heterocycles. The van der Waals surface area contributed by atoms with Gasteiger partial charge in [-0.05, 0) is 38.5 Å². The van der Waals surface area contributed by atoms with Gasteiger partial charge in [-0.25, -0.2) is 0 Å². The lowest BCUT2D eigenvalue weighted by Gasteiger charge is -2.40. The summed E-state index contributed by atoms with van der Waals surface area (Å²) < 4.78 is 13.4. The molecule has 21 heavy (non-hydrogen) atoms. The van der Waals surface area contributed by atoms with E-state index in [-0.39, 0.29) is 0 Å². The topological polar surface area (TPSA) is 18.5 Å². The molecule has 0 aromatic carbocycles. The molecule has 2 nitrogen and oxygen atoms in total. The molecular weight excluding hydrogens is 276 g/mol. The van der Waals surface area contributed by atoms with E-state index >= 15 is 0 Å².